The van der Waals surface area contributed by atoms with Crippen molar-refractivity contribution in [3.8, 4) is 22.5 Å². The van der Waals surface area contributed by atoms with Crippen molar-refractivity contribution in [3.05, 3.63) is 71.2 Å². The first-order valence-electron chi connectivity index (χ1n) is 13.7. The average molecular weight is 507 g/mol. The van der Waals surface area contributed by atoms with E-state index in [-0.39, 0.29) is 0 Å². The number of fused-ring (bicyclic) bond motifs is 1. The fraction of sp³-hybridized carbons (Fsp3) is 0.367. The van der Waals surface area contributed by atoms with Gasteiger partial charge in [0.25, 0.3) is 0 Å². The lowest BCUT2D eigenvalue weighted by atomic mass is 9.97. The topological polar surface area (TPSA) is 88.4 Å². The minimum atomic E-state index is 0.612. The smallest absolute Gasteiger partial charge is 0.205 e. The summed E-state index contributed by atoms with van der Waals surface area (Å²) in [5, 5.41) is 15.0. The summed E-state index contributed by atoms with van der Waals surface area (Å²) in [6.07, 6.45) is 5.98. The second-order valence-electron chi connectivity index (χ2n) is 10.3. The maximum atomic E-state index is 4.91. The normalized spacial score (nSPS) is 14.2. The molecule has 1 aliphatic rings. The number of benzene rings is 2. The van der Waals surface area contributed by atoms with E-state index in [1.54, 1.807) is 0 Å². The zero-order valence-corrected chi connectivity index (χ0v) is 22.4. The molecule has 0 bridgehead atoms. The van der Waals surface area contributed by atoms with Crippen LogP contribution in [0.5, 0.6) is 0 Å². The number of aromatic nitrogens is 7. The van der Waals surface area contributed by atoms with Crippen molar-refractivity contribution in [2.75, 3.05) is 18.0 Å². The zero-order chi connectivity index (χ0) is 26.1. The summed E-state index contributed by atoms with van der Waals surface area (Å²) >= 11 is 0. The highest BCUT2D eigenvalue weighted by atomic mass is 15.5. The molecule has 6 rings (SSSR count). The van der Waals surface area contributed by atoms with Gasteiger partial charge in [0.1, 0.15) is 11.3 Å². The van der Waals surface area contributed by atoms with Crippen LogP contribution in [-0.4, -0.2) is 48.2 Å². The van der Waals surface area contributed by atoms with Gasteiger partial charge in [0.2, 0.25) is 5.82 Å². The molecule has 1 saturated heterocycles. The number of rotatable bonds is 6. The third-order valence-corrected chi connectivity index (χ3v) is 7.58. The third kappa shape index (κ3) is 4.66. The molecule has 2 aromatic carbocycles. The van der Waals surface area contributed by atoms with Crippen LogP contribution in [0.3, 0.4) is 0 Å². The van der Waals surface area contributed by atoms with E-state index in [2.05, 4.69) is 92.5 Å². The van der Waals surface area contributed by atoms with Gasteiger partial charge in [0, 0.05) is 36.5 Å². The number of H-pyrrole nitrogens is 1. The fourth-order valence-electron chi connectivity index (χ4n) is 5.62. The summed E-state index contributed by atoms with van der Waals surface area (Å²) in [6.45, 7) is 9.26. The number of aromatic amines is 1. The van der Waals surface area contributed by atoms with Gasteiger partial charge in [-0.25, -0.2) is 9.97 Å². The van der Waals surface area contributed by atoms with Crippen molar-refractivity contribution >= 4 is 16.9 Å². The molecule has 1 fully saturated rings. The number of anilines is 1. The molecule has 0 unspecified atom stereocenters. The number of nitrogens with zero attached hydrogens (tertiary/aromatic N) is 7. The Morgan fingerprint density at radius 2 is 1.66 bits per heavy atom. The molecule has 0 saturated carbocycles. The molecular weight excluding hydrogens is 472 g/mol. The standard InChI is InChI=1S/C30H34N8/c1-4-27-32-28-20(2)17-21(3)31-30(28)38(27)19-22-9-11-23(12-10-22)26-18-24(37-15-7-5-6-8-16-37)13-14-25(26)29-33-35-36-34-29/h9-14,17-18H,4-8,15-16,19H2,1-3H3,(H,33,34,35,36). The van der Waals surface area contributed by atoms with Gasteiger partial charge >= 0.3 is 0 Å². The maximum Gasteiger partial charge on any atom is 0.205 e. The Morgan fingerprint density at radius 3 is 2.37 bits per heavy atom. The Morgan fingerprint density at radius 1 is 0.868 bits per heavy atom. The summed E-state index contributed by atoms with van der Waals surface area (Å²) in [5.74, 6) is 1.68. The van der Waals surface area contributed by atoms with E-state index in [0.29, 0.717) is 5.82 Å². The second-order valence-corrected chi connectivity index (χ2v) is 10.3. The van der Waals surface area contributed by atoms with E-state index in [1.165, 1.54) is 42.5 Å². The molecule has 0 spiro atoms. The van der Waals surface area contributed by atoms with Crippen LogP contribution in [0.4, 0.5) is 5.69 Å². The SMILES string of the molecule is CCc1nc2c(C)cc(C)nc2n1Cc1ccc(-c2cc(N3CCCCCC3)ccc2-c2nn[nH]n2)cc1. The third-order valence-electron chi connectivity index (χ3n) is 7.58. The van der Waals surface area contributed by atoms with Crippen molar-refractivity contribution in [3.63, 3.8) is 0 Å². The number of aryl methyl sites for hydroxylation is 3. The van der Waals surface area contributed by atoms with Crippen LogP contribution in [0.15, 0.2) is 48.5 Å². The molecule has 0 radical (unpaired) electrons. The average Bonchev–Trinajstić information content (AvgIpc) is 3.49. The van der Waals surface area contributed by atoms with Gasteiger partial charge in [0.15, 0.2) is 5.65 Å². The quantitative estimate of drug-likeness (QED) is 0.309. The minimum absolute atomic E-state index is 0.612. The van der Waals surface area contributed by atoms with Gasteiger partial charge in [-0.3, -0.25) is 0 Å². The van der Waals surface area contributed by atoms with Gasteiger partial charge < -0.3 is 9.47 Å². The van der Waals surface area contributed by atoms with E-state index in [9.17, 15) is 0 Å². The Labute approximate surface area is 223 Å². The zero-order valence-electron chi connectivity index (χ0n) is 22.4. The highest BCUT2D eigenvalue weighted by molar-refractivity contribution is 5.83. The van der Waals surface area contributed by atoms with Crippen LogP contribution in [0.2, 0.25) is 0 Å². The highest BCUT2D eigenvalue weighted by Gasteiger charge is 2.17. The fourth-order valence-corrected chi connectivity index (χ4v) is 5.62. The van der Waals surface area contributed by atoms with Gasteiger partial charge in [-0.15, -0.1) is 10.2 Å². The van der Waals surface area contributed by atoms with Crippen molar-refractivity contribution in [2.24, 2.45) is 0 Å². The number of pyridine rings is 1. The van der Waals surface area contributed by atoms with E-state index in [4.69, 9.17) is 9.97 Å². The summed E-state index contributed by atoms with van der Waals surface area (Å²) in [5.41, 5.74) is 9.88. The molecule has 0 amide bonds. The number of tetrazole rings is 1. The molecule has 8 heteroatoms. The summed E-state index contributed by atoms with van der Waals surface area (Å²) < 4.78 is 2.26. The van der Waals surface area contributed by atoms with E-state index in [0.717, 1.165) is 65.4 Å². The van der Waals surface area contributed by atoms with Crippen LogP contribution >= 0.6 is 0 Å². The predicted octanol–water partition coefficient (Wildman–Crippen LogP) is 5.89. The van der Waals surface area contributed by atoms with Crippen LogP contribution in [-0.2, 0) is 13.0 Å². The monoisotopic (exact) mass is 506 g/mol. The molecule has 194 valence electrons. The lowest BCUT2D eigenvalue weighted by Gasteiger charge is -2.24. The van der Waals surface area contributed by atoms with Crippen LogP contribution in [0, 0.1) is 13.8 Å². The molecular formula is C30H34N8. The van der Waals surface area contributed by atoms with Gasteiger partial charge in [-0.2, -0.15) is 5.21 Å². The highest BCUT2D eigenvalue weighted by Crippen LogP contribution is 2.34. The molecule has 1 N–H and O–H groups in total. The Bertz CT molecular complexity index is 1540. The van der Waals surface area contributed by atoms with E-state index in [1.807, 2.05) is 6.92 Å². The lowest BCUT2D eigenvalue weighted by molar-refractivity contribution is 0.726. The molecule has 38 heavy (non-hydrogen) atoms. The Hall–Kier alpha value is -4.07. The summed E-state index contributed by atoms with van der Waals surface area (Å²) in [4.78, 5) is 12.3. The van der Waals surface area contributed by atoms with Crippen molar-refractivity contribution in [1.82, 2.24) is 35.2 Å². The first kappa shape index (κ1) is 24.3. The summed E-state index contributed by atoms with van der Waals surface area (Å²) in [7, 11) is 0. The molecule has 0 aliphatic carbocycles. The molecule has 0 atom stereocenters. The summed E-state index contributed by atoms with van der Waals surface area (Å²) in [6, 6.07) is 17.6. The van der Waals surface area contributed by atoms with Crippen LogP contribution in [0.25, 0.3) is 33.7 Å². The molecule has 5 aromatic rings. The van der Waals surface area contributed by atoms with E-state index < -0.39 is 0 Å². The van der Waals surface area contributed by atoms with Crippen molar-refractivity contribution < 1.29 is 0 Å². The first-order valence-corrected chi connectivity index (χ1v) is 13.7. The van der Waals surface area contributed by atoms with Crippen LogP contribution in [0.1, 0.15) is 55.3 Å². The lowest BCUT2D eigenvalue weighted by Crippen LogP contribution is -2.23. The molecule has 4 heterocycles. The van der Waals surface area contributed by atoms with Crippen molar-refractivity contribution in [1.29, 1.82) is 0 Å². The molecule has 1 aliphatic heterocycles. The predicted molar refractivity (Wildman–Crippen MR) is 151 cm³/mol. The molecule has 3 aromatic heterocycles. The Balaban J connectivity index is 1.36. The number of hydrogen-bond acceptors (Lipinski definition) is 6. The largest absolute Gasteiger partial charge is 0.372 e. The van der Waals surface area contributed by atoms with Crippen molar-refractivity contribution in [2.45, 2.75) is 59.4 Å². The van der Waals surface area contributed by atoms with Gasteiger partial charge in [-0.05, 0) is 78.4 Å². The Kier molecular flexibility index (Phi) is 6.62. The maximum absolute atomic E-state index is 4.91. The van der Waals surface area contributed by atoms with Crippen LogP contribution < -0.4 is 4.90 Å². The number of hydrogen-bond donors (Lipinski definition) is 1. The number of imidazole rings is 1. The van der Waals surface area contributed by atoms with Gasteiger partial charge in [0.05, 0.1) is 6.54 Å². The molecule has 8 nitrogen and oxygen atoms in total. The van der Waals surface area contributed by atoms with E-state index >= 15 is 0 Å². The second kappa shape index (κ2) is 10.4. The minimum Gasteiger partial charge on any atom is -0.372 e. The first-order chi connectivity index (χ1) is 18.6. The number of nitrogens with one attached hydrogen (secondary N) is 1. The van der Waals surface area contributed by atoms with Gasteiger partial charge in [-0.1, -0.05) is 44.0 Å².